The highest BCUT2D eigenvalue weighted by molar-refractivity contribution is 6.31. The molecule has 0 atom stereocenters. The standard InChI is InChI=1S/C20H23ClN2O2/c1-13-10-14(2)12-17(11-13)23(16(4)24)9-8-20(25)22-19-7-5-6-18(21)15(19)3/h5-7,10-12H,8-9H2,1-4H3,(H,22,25). The molecule has 0 saturated heterocycles. The predicted molar refractivity (Wildman–Crippen MR) is 103 cm³/mol. The molecule has 4 nitrogen and oxygen atoms in total. The van der Waals surface area contributed by atoms with Crippen LogP contribution in [0.4, 0.5) is 11.4 Å². The van der Waals surface area contributed by atoms with Crippen LogP contribution in [0.5, 0.6) is 0 Å². The van der Waals surface area contributed by atoms with Gasteiger partial charge in [0, 0.05) is 36.3 Å². The molecule has 1 N–H and O–H groups in total. The van der Waals surface area contributed by atoms with Crippen LogP contribution >= 0.6 is 11.6 Å². The van der Waals surface area contributed by atoms with Gasteiger partial charge in [-0.15, -0.1) is 0 Å². The topological polar surface area (TPSA) is 49.4 Å². The second-order valence-corrected chi connectivity index (χ2v) is 6.63. The second-order valence-electron chi connectivity index (χ2n) is 6.23. The van der Waals surface area contributed by atoms with Crippen LogP contribution in [0.1, 0.15) is 30.0 Å². The average molecular weight is 359 g/mol. The van der Waals surface area contributed by atoms with Crippen molar-refractivity contribution in [1.29, 1.82) is 0 Å². The lowest BCUT2D eigenvalue weighted by Gasteiger charge is -2.22. The Morgan fingerprint density at radius 2 is 1.72 bits per heavy atom. The Morgan fingerprint density at radius 1 is 1.08 bits per heavy atom. The van der Waals surface area contributed by atoms with Gasteiger partial charge in [0.25, 0.3) is 0 Å². The fourth-order valence-corrected chi connectivity index (χ4v) is 2.92. The first kappa shape index (κ1) is 19.0. The summed E-state index contributed by atoms with van der Waals surface area (Å²) in [5.41, 5.74) is 4.51. The molecule has 0 radical (unpaired) electrons. The minimum atomic E-state index is -0.152. The van der Waals surface area contributed by atoms with Crippen molar-refractivity contribution < 1.29 is 9.59 Å². The number of nitrogens with one attached hydrogen (secondary N) is 1. The lowest BCUT2D eigenvalue weighted by Crippen LogP contribution is -2.32. The molecule has 0 aliphatic carbocycles. The van der Waals surface area contributed by atoms with Crippen molar-refractivity contribution in [2.24, 2.45) is 0 Å². The molecule has 0 heterocycles. The number of hydrogen-bond donors (Lipinski definition) is 1. The fourth-order valence-electron chi connectivity index (χ4n) is 2.74. The van der Waals surface area contributed by atoms with Gasteiger partial charge in [0.05, 0.1) is 0 Å². The maximum Gasteiger partial charge on any atom is 0.226 e. The molecule has 0 bridgehead atoms. The molecular weight excluding hydrogens is 336 g/mol. The van der Waals surface area contributed by atoms with Gasteiger partial charge in [-0.1, -0.05) is 23.7 Å². The number of amides is 2. The third-order valence-electron chi connectivity index (χ3n) is 4.00. The number of carbonyl (C=O) groups excluding carboxylic acids is 2. The van der Waals surface area contributed by atoms with Gasteiger partial charge >= 0.3 is 0 Å². The van der Waals surface area contributed by atoms with E-state index in [2.05, 4.69) is 11.4 Å². The van der Waals surface area contributed by atoms with Crippen LogP contribution < -0.4 is 10.2 Å². The van der Waals surface area contributed by atoms with E-state index in [1.54, 1.807) is 17.0 Å². The number of rotatable bonds is 5. The zero-order valence-corrected chi connectivity index (χ0v) is 15.8. The molecular formula is C20H23ClN2O2. The van der Waals surface area contributed by atoms with Crippen molar-refractivity contribution in [3.63, 3.8) is 0 Å². The van der Waals surface area contributed by atoms with E-state index in [1.165, 1.54) is 6.92 Å². The number of halogens is 1. The maximum absolute atomic E-state index is 12.3. The summed E-state index contributed by atoms with van der Waals surface area (Å²) in [6.07, 6.45) is 0.207. The van der Waals surface area contributed by atoms with Crippen LogP contribution in [0, 0.1) is 20.8 Å². The Balaban J connectivity index is 2.07. The summed E-state index contributed by atoms with van der Waals surface area (Å²) in [7, 11) is 0. The lowest BCUT2D eigenvalue weighted by atomic mass is 10.1. The number of anilines is 2. The molecule has 2 aromatic rings. The van der Waals surface area contributed by atoms with E-state index < -0.39 is 0 Å². The van der Waals surface area contributed by atoms with Gasteiger partial charge in [0.15, 0.2) is 0 Å². The first-order chi connectivity index (χ1) is 11.8. The van der Waals surface area contributed by atoms with Gasteiger partial charge in [-0.2, -0.15) is 0 Å². The minimum absolute atomic E-state index is 0.0864. The normalized spacial score (nSPS) is 10.4. The van der Waals surface area contributed by atoms with Crippen LogP contribution in [-0.2, 0) is 9.59 Å². The van der Waals surface area contributed by atoms with E-state index in [0.29, 0.717) is 17.3 Å². The van der Waals surface area contributed by atoms with E-state index >= 15 is 0 Å². The van der Waals surface area contributed by atoms with Crippen molar-refractivity contribution in [2.45, 2.75) is 34.1 Å². The van der Waals surface area contributed by atoms with Gasteiger partial charge in [0.1, 0.15) is 0 Å². The molecule has 0 aliphatic rings. The van der Waals surface area contributed by atoms with Crippen LogP contribution in [0.2, 0.25) is 5.02 Å². The average Bonchev–Trinajstić information content (AvgIpc) is 2.51. The Kier molecular flexibility index (Phi) is 6.21. The summed E-state index contributed by atoms with van der Waals surface area (Å²) < 4.78 is 0. The number of hydrogen-bond acceptors (Lipinski definition) is 2. The highest BCUT2D eigenvalue weighted by Crippen LogP contribution is 2.23. The SMILES string of the molecule is CC(=O)N(CCC(=O)Nc1cccc(Cl)c1C)c1cc(C)cc(C)c1. The first-order valence-electron chi connectivity index (χ1n) is 8.19. The number of benzene rings is 2. The molecule has 132 valence electrons. The van der Waals surface area contributed by atoms with Crippen molar-refractivity contribution in [3.05, 3.63) is 58.1 Å². The molecule has 5 heteroatoms. The summed E-state index contributed by atoms with van der Waals surface area (Å²) in [5, 5.41) is 3.47. The lowest BCUT2D eigenvalue weighted by molar-refractivity contribution is -0.117. The molecule has 0 unspecified atom stereocenters. The van der Waals surface area contributed by atoms with Gasteiger partial charge in [-0.05, 0) is 61.7 Å². The summed E-state index contributed by atoms with van der Waals surface area (Å²) in [6.45, 7) is 7.67. The molecule has 0 fully saturated rings. The number of nitrogens with zero attached hydrogens (tertiary/aromatic N) is 1. The highest BCUT2D eigenvalue weighted by Gasteiger charge is 2.15. The van der Waals surface area contributed by atoms with Crippen LogP contribution in [0.3, 0.4) is 0 Å². The zero-order valence-electron chi connectivity index (χ0n) is 15.0. The molecule has 0 spiro atoms. The second kappa shape index (κ2) is 8.17. The maximum atomic E-state index is 12.3. The van der Waals surface area contributed by atoms with E-state index in [0.717, 1.165) is 22.4 Å². The molecule has 0 aromatic heterocycles. The van der Waals surface area contributed by atoms with Gasteiger partial charge in [-0.25, -0.2) is 0 Å². The van der Waals surface area contributed by atoms with E-state index in [-0.39, 0.29) is 18.2 Å². The molecule has 0 saturated carbocycles. The van der Waals surface area contributed by atoms with E-state index in [1.807, 2.05) is 39.0 Å². The van der Waals surface area contributed by atoms with E-state index in [9.17, 15) is 9.59 Å². The van der Waals surface area contributed by atoms with Gasteiger partial charge in [-0.3, -0.25) is 9.59 Å². The summed E-state index contributed by atoms with van der Waals surface area (Å²) in [4.78, 5) is 25.9. The predicted octanol–water partition coefficient (Wildman–Crippen LogP) is 4.65. The van der Waals surface area contributed by atoms with Crippen molar-refractivity contribution >= 4 is 34.8 Å². The van der Waals surface area contributed by atoms with Gasteiger partial charge in [0.2, 0.25) is 11.8 Å². The number of aryl methyl sites for hydroxylation is 2. The summed E-state index contributed by atoms with van der Waals surface area (Å²) in [5.74, 6) is -0.238. The van der Waals surface area contributed by atoms with Gasteiger partial charge < -0.3 is 10.2 Å². The van der Waals surface area contributed by atoms with Crippen molar-refractivity contribution in [1.82, 2.24) is 0 Å². The first-order valence-corrected chi connectivity index (χ1v) is 8.57. The Morgan fingerprint density at radius 3 is 2.32 bits per heavy atom. The molecule has 25 heavy (non-hydrogen) atoms. The Hall–Kier alpha value is -2.33. The third-order valence-corrected chi connectivity index (χ3v) is 4.41. The third kappa shape index (κ3) is 5.07. The Labute approximate surface area is 153 Å². The van der Waals surface area contributed by atoms with E-state index in [4.69, 9.17) is 11.6 Å². The van der Waals surface area contributed by atoms with Crippen LogP contribution in [0.15, 0.2) is 36.4 Å². The minimum Gasteiger partial charge on any atom is -0.326 e. The molecule has 2 amide bonds. The highest BCUT2D eigenvalue weighted by atomic mass is 35.5. The smallest absolute Gasteiger partial charge is 0.226 e. The molecule has 0 aliphatic heterocycles. The zero-order chi connectivity index (χ0) is 18.6. The molecule has 2 rings (SSSR count). The quantitative estimate of drug-likeness (QED) is 0.845. The largest absolute Gasteiger partial charge is 0.326 e. The van der Waals surface area contributed by atoms with Crippen molar-refractivity contribution in [2.75, 3.05) is 16.8 Å². The molecule has 2 aromatic carbocycles. The van der Waals surface area contributed by atoms with Crippen LogP contribution in [0.25, 0.3) is 0 Å². The number of carbonyl (C=O) groups is 2. The summed E-state index contributed by atoms with van der Waals surface area (Å²) >= 11 is 6.07. The summed E-state index contributed by atoms with van der Waals surface area (Å²) in [6, 6.07) is 11.3. The fraction of sp³-hybridized carbons (Fsp3) is 0.300. The van der Waals surface area contributed by atoms with Crippen molar-refractivity contribution in [3.8, 4) is 0 Å². The monoisotopic (exact) mass is 358 g/mol. The van der Waals surface area contributed by atoms with Crippen LogP contribution in [-0.4, -0.2) is 18.4 Å². The Bertz CT molecular complexity index is 782.